The second-order valence-corrected chi connectivity index (χ2v) is 4.53. The van der Waals surface area contributed by atoms with Crippen LogP contribution in [0.4, 0.5) is 14.5 Å². The Hall–Kier alpha value is -1.53. The summed E-state index contributed by atoms with van der Waals surface area (Å²) in [7, 11) is 0. The number of aliphatic hydroxyl groups excluding tert-OH is 1. The van der Waals surface area contributed by atoms with Gasteiger partial charge in [0.2, 0.25) is 5.91 Å². The summed E-state index contributed by atoms with van der Waals surface area (Å²) in [6.45, 7) is 3.24. The van der Waals surface area contributed by atoms with Crippen LogP contribution in [0, 0.1) is 11.6 Å². The Morgan fingerprint density at radius 3 is 2.65 bits per heavy atom. The number of anilines is 1. The van der Waals surface area contributed by atoms with Crippen molar-refractivity contribution in [1.82, 2.24) is 4.90 Å². The van der Waals surface area contributed by atoms with Gasteiger partial charge in [-0.05, 0) is 25.1 Å². The normalized spacial score (nSPS) is 10.8. The van der Waals surface area contributed by atoms with Gasteiger partial charge < -0.3 is 10.4 Å². The minimum Gasteiger partial charge on any atom is -0.395 e. The number of amides is 1. The first-order valence-corrected chi connectivity index (χ1v) is 6.65. The maximum absolute atomic E-state index is 13.0. The lowest BCUT2D eigenvalue weighted by atomic mass is 10.3. The molecule has 0 aliphatic rings. The van der Waals surface area contributed by atoms with Crippen LogP contribution in [0.2, 0.25) is 0 Å². The first-order chi connectivity index (χ1) is 9.56. The standard InChI is InChI=1S/C14H20F2N2O2/c1-2-3-6-18(7-8-19)10-14(20)17-11-4-5-12(15)13(16)9-11/h4-5,9,19H,2-3,6-8,10H2,1H3,(H,17,20). The largest absolute Gasteiger partial charge is 0.395 e. The van der Waals surface area contributed by atoms with Crippen LogP contribution in [-0.4, -0.2) is 42.2 Å². The van der Waals surface area contributed by atoms with Crippen LogP contribution in [0.15, 0.2) is 18.2 Å². The van der Waals surface area contributed by atoms with E-state index in [0.717, 1.165) is 25.0 Å². The molecule has 0 aromatic heterocycles. The molecule has 0 unspecified atom stereocenters. The van der Waals surface area contributed by atoms with E-state index in [1.165, 1.54) is 6.07 Å². The Morgan fingerprint density at radius 2 is 2.05 bits per heavy atom. The maximum atomic E-state index is 13.0. The summed E-state index contributed by atoms with van der Waals surface area (Å²) in [5, 5.41) is 11.4. The van der Waals surface area contributed by atoms with E-state index in [0.29, 0.717) is 13.1 Å². The first kappa shape index (κ1) is 16.5. The summed E-state index contributed by atoms with van der Waals surface area (Å²) < 4.78 is 25.8. The first-order valence-electron chi connectivity index (χ1n) is 6.65. The van der Waals surface area contributed by atoms with Crippen molar-refractivity contribution in [3.05, 3.63) is 29.8 Å². The average Bonchev–Trinajstić information content (AvgIpc) is 2.40. The van der Waals surface area contributed by atoms with Crippen molar-refractivity contribution in [1.29, 1.82) is 0 Å². The van der Waals surface area contributed by atoms with Gasteiger partial charge in [-0.3, -0.25) is 9.69 Å². The Morgan fingerprint density at radius 1 is 1.30 bits per heavy atom. The number of nitrogens with one attached hydrogen (secondary N) is 1. The molecule has 1 aromatic carbocycles. The molecule has 0 aliphatic carbocycles. The second kappa shape index (κ2) is 8.60. The fourth-order valence-electron chi connectivity index (χ4n) is 1.77. The molecule has 1 amide bonds. The molecule has 1 rings (SSSR count). The fourth-order valence-corrected chi connectivity index (χ4v) is 1.77. The van der Waals surface area contributed by atoms with Gasteiger partial charge in [-0.15, -0.1) is 0 Å². The van der Waals surface area contributed by atoms with Gasteiger partial charge in [-0.1, -0.05) is 13.3 Å². The lowest BCUT2D eigenvalue weighted by molar-refractivity contribution is -0.117. The van der Waals surface area contributed by atoms with Gasteiger partial charge in [0.15, 0.2) is 11.6 Å². The topological polar surface area (TPSA) is 52.6 Å². The minimum absolute atomic E-state index is 0.0256. The average molecular weight is 286 g/mol. The lowest BCUT2D eigenvalue weighted by Gasteiger charge is -2.20. The molecule has 0 bridgehead atoms. The van der Waals surface area contributed by atoms with Gasteiger partial charge >= 0.3 is 0 Å². The monoisotopic (exact) mass is 286 g/mol. The number of benzene rings is 1. The van der Waals surface area contributed by atoms with Gasteiger partial charge in [-0.25, -0.2) is 8.78 Å². The van der Waals surface area contributed by atoms with E-state index >= 15 is 0 Å². The van der Waals surface area contributed by atoms with Crippen LogP contribution >= 0.6 is 0 Å². The van der Waals surface area contributed by atoms with Gasteiger partial charge in [0, 0.05) is 18.3 Å². The van der Waals surface area contributed by atoms with Crippen molar-refractivity contribution in [3.63, 3.8) is 0 Å². The molecular formula is C14H20F2N2O2. The van der Waals surface area contributed by atoms with Crippen LogP contribution in [-0.2, 0) is 4.79 Å². The third-order valence-corrected chi connectivity index (χ3v) is 2.81. The molecular weight excluding hydrogens is 266 g/mol. The number of unbranched alkanes of at least 4 members (excludes halogenated alkanes) is 1. The summed E-state index contributed by atoms with van der Waals surface area (Å²) in [6.07, 6.45) is 1.92. The quantitative estimate of drug-likeness (QED) is 0.768. The number of hydrogen-bond donors (Lipinski definition) is 2. The van der Waals surface area contributed by atoms with E-state index in [4.69, 9.17) is 5.11 Å². The van der Waals surface area contributed by atoms with Crippen LogP contribution in [0.5, 0.6) is 0 Å². The highest BCUT2D eigenvalue weighted by Gasteiger charge is 2.11. The molecule has 20 heavy (non-hydrogen) atoms. The predicted octanol–water partition coefficient (Wildman–Crippen LogP) is 2.00. The molecule has 6 heteroatoms. The van der Waals surface area contributed by atoms with Gasteiger partial charge in [0.25, 0.3) is 0 Å². The highest BCUT2D eigenvalue weighted by atomic mass is 19.2. The van der Waals surface area contributed by atoms with E-state index in [1.54, 1.807) is 0 Å². The number of carbonyl (C=O) groups excluding carboxylic acids is 1. The number of halogens is 2. The van der Waals surface area contributed by atoms with E-state index in [9.17, 15) is 13.6 Å². The molecule has 0 atom stereocenters. The predicted molar refractivity (Wildman–Crippen MR) is 73.4 cm³/mol. The van der Waals surface area contributed by atoms with Gasteiger partial charge in [-0.2, -0.15) is 0 Å². The van der Waals surface area contributed by atoms with E-state index in [2.05, 4.69) is 5.32 Å². The van der Waals surface area contributed by atoms with Crippen LogP contribution in [0.3, 0.4) is 0 Å². The van der Waals surface area contributed by atoms with Crippen LogP contribution < -0.4 is 5.32 Å². The Balaban J connectivity index is 2.53. The Kier molecular flexibility index (Phi) is 7.11. The second-order valence-electron chi connectivity index (χ2n) is 4.53. The molecule has 0 saturated carbocycles. The maximum Gasteiger partial charge on any atom is 0.238 e. The number of nitrogens with zero attached hydrogens (tertiary/aromatic N) is 1. The van der Waals surface area contributed by atoms with Gasteiger partial charge in [0.1, 0.15) is 0 Å². The summed E-state index contributed by atoms with van der Waals surface area (Å²) in [4.78, 5) is 13.6. The molecule has 0 fully saturated rings. The fraction of sp³-hybridized carbons (Fsp3) is 0.500. The van der Waals surface area contributed by atoms with Crippen molar-refractivity contribution in [2.24, 2.45) is 0 Å². The number of aliphatic hydroxyl groups is 1. The molecule has 0 heterocycles. The zero-order chi connectivity index (χ0) is 15.0. The number of carbonyl (C=O) groups is 1. The van der Waals surface area contributed by atoms with E-state index in [-0.39, 0.29) is 24.7 Å². The summed E-state index contributed by atoms with van der Waals surface area (Å²) in [6, 6.07) is 3.21. The van der Waals surface area contributed by atoms with Crippen molar-refractivity contribution < 1.29 is 18.7 Å². The molecule has 0 spiro atoms. The molecule has 112 valence electrons. The van der Waals surface area contributed by atoms with Crippen molar-refractivity contribution in [2.45, 2.75) is 19.8 Å². The van der Waals surface area contributed by atoms with Gasteiger partial charge in [0.05, 0.1) is 13.2 Å². The summed E-state index contributed by atoms with van der Waals surface area (Å²) in [5.41, 5.74) is 0.216. The van der Waals surface area contributed by atoms with Crippen molar-refractivity contribution in [2.75, 3.05) is 31.6 Å². The zero-order valence-electron chi connectivity index (χ0n) is 11.5. The summed E-state index contributed by atoms with van der Waals surface area (Å²) >= 11 is 0. The molecule has 1 aromatic rings. The highest BCUT2D eigenvalue weighted by molar-refractivity contribution is 5.92. The Bertz CT molecular complexity index is 441. The number of hydrogen-bond acceptors (Lipinski definition) is 3. The van der Waals surface area contributed by atoms with Crippen LogP contribution in [0.25, 0.3) is 0 Å². The lowest BCUT2D eigenvalue weighted by Crippen LogP contribution is -2.35. The van der Waals surface area contributed by atoms with Crippen LogP contribution in [0.1, 0.15) is 19.8 Å². The third kappa shape index (κ3) is 5.63. The molecule has 0 saturated heterocycles. The Labute approximate surface area is 117 Å². The smallest absolute Gasteiger partial charge is 0.238 e. The highest BCUT2D eigenvalue weighted by Crippen LogP contribution is 2.13. The number of rotatable bonds is 8. The molecule has 0 radical (unpaired) electrons. The zero-order valence-corrected chi connectivity index (χ0v) is 11.5. The molecule has 0 aliphatic heterocycles. The third-order valence-electron chi connectivity index (χ3n) is 2.81. The SMILES string of the molecule is CCCCN(CCO)CC(=O)Nc1ccc(F)c(F)c1. The summed E-state index contributed by atoms with van der Waals surface area (Å²) in [5.74, 6) is -2.27. The van der Waals surface area contributed by atoms with E-state index < -0.39 is 11.6 Å². The van der Waals surface area contributed by atoms with E-state index in [1.807, 2.05) is 11.8 Å². The minimum atomic E-state index is -0.999. The van der Waals surface area contributed by atoms with Crippen molar-refractivity contribution >= 4 is 11.6 Å². The molecule has 4 nitrogen and oxygen atoms in total. The van der Waals surface area contributed by atoms with Crippen molar-refractivity contribution in [3.8, 4) is 0 Å². The molecule has 2 N–H and O–H groups in total.